The Bertz CT molecular complexity index is 871. The van der Waals surface area contributed by atoms with Gasteiger partial charge in [-0.25, -0.2) is 0 Å². The van der Waals surface area contributed by atoms with Gasteiger partial charge in [0.05, 0.1) is 17.6 Å². The van der Waals surface area contributed by atoms with Gasteiger partial charge < -0.3 is 10.2 Å². The van der Waals surface area contributed by atoms with Gasteiger partial charge in [-0.2, -0.15) is 5.26 Å². The normalized spacial score (nSPS) is 16.6. The third-order valence-electron chi connectivity index (χ3n) is 4.23. The second-order valence-corrected chi connectivity index (χ2v) is 6.45. The molecule has 2 aromatic carbocycles. The molecule has 2 aromatic rings. The number of amides is 2. The molecule has 3 rings (SSSR count). The van der Waals surface area contributed by atoms with Crippen LogP contribution in [-0.2, 0) is 9.59 Å². The van der Waals surface area contributed by atoms with Gasteiger partial charge in [0.15, 0.2) is 0 Å². The third kappa shape index (κ3) is 3.65. The molecule has 1 atom stereocenters. The quantitative estimate of drug-likeness (QED) is 0.917. The summed E-state index contributed by atoms with van der Waals surface area (Å²) in [5.41, 5.74) is 2.81. The molecule has 1 heterocycles. The summed E-state index contributed by atoms with van der Waals surface area (Å²) >= 11 is 5.96. The van der Waals surface area contributed by atoms with Crippen LogP contribution < -0.4 is 10.2 Å². The fourth-order valence-corrected chi connectivity index (χ4v) is 3.14. The SMILES string of the molecule is Cc1cc(Cl)ccc1N1CC(C(=O)Nc2ccc(C#N)cc2)CC1=O. The zero-order valence-corrected chi connectivity index (χ0v) is 14.4. The number of carbonyl (C=O) groups excluding carboxylic acids is 2. The summed E-state index contributed by atoms with van der Waals surface area (Å²) in [6.45, 7) is 2.22. The lowest BCUT2D eigenvalue weighted by Gasteiger charge is -2.19. The summed E-state index contributed by atoms with van der Waals surface area (Å²) in [5.74, 6) is -0.698. The van der Waals surface area contributed by atoms with Crippen molar-refractivity contribution in [3.63, 3.8) is 0 Å². The number of hydrogen-bond acceptors (Lipinski definition) is 3. The van der Waals surface area contributed by atoms with E-state index in [1.54, 1.807) is 47.4 Å². The van der Waals surface area contributed by atoms with Gasteiger partial charge in [0.25, 0.3) is 0 Å². The van der Waals surface area contributed by atoms with Crippen molar-refractivity contribution in [2.75, 3.05) is 16.8 Å². The van der Waals surface area contributed by atoms with Crippen LogP contribution in [-0.4, -0.2) is 18.4 Å². The average molecular weight is 354 g/mol. The highest BCUT2D eigenvalue weighted by Gasteiger charge is 2.35. The number of rotatable bonds is 3. The molecule has 1 aliphatic heterocycles. The van der Waals surface area contributed by atoms with Crippen LogP contribution >= 0.6 is 11.6 Å². The van der Waals surface area contributed by atoms with Gasteiger partial charge >= 0.3 is 0 Å². The first-order valence-corrected chi connectivity index (χ1v) is 8.23. The van der Waals surface area contributed by atoms with E-state index < -0.39 is 5.92 Å². The van der Waals surface area contributed by atoms with E-state index in [0.29, 0.717) is 22.8 Å². The van der Waals surface area contributed by atoms with Gasteiger partial charge in [0.2, 0.25) is 11.8 Å². The first-order chi connectivity index (χ1) is 12.0. The van der Waals surface area contributed by atoms with Gasteiger partial charge in [-0.3, -0.25) is 9.59 Å². The van der Waals surface area contributed by atoms with Crippen LogP contribution in [0.1, 0.15) is 17.5 Å². The number of aryl methyl sites for hydroxylation is 1. The maximum atomic E-state index is 12.5. The molecule has 1 aliphatic rings. The molecule has 0 aliphatic carbocycles. The van der Waals surface area contributed by atoms with Crippen molar-refractivity contribution in [3.8, 4) is 6.07 Å². The van der Waals surface area contributed by atoms with E-state index in [2.05, 4.69) is 5.32 Å². The van der Waals surface area contributed by atoms with Crippen molar-refractivity contribution in [1.29, 1.82) is 5.26 Å². The molecule has 25 heavy (non-hydrogen) atoms. The van der Waals surface area contributed by atoms with E-state index in [1.807, 2.05) is 13.0 Å². The number of hydrogen-bond donors (Lipinski definition) is 1. The zero-order chi connectivity index (χ0) is 18.0. The monoisotopic (exact) mass is 353 g/mol. The molecule has 126 valence electrons. The summed E-state index contributed by atoms with van der Waals surface area (Å²) in [6.07, 6.45) is 0.171. The van der Waals surface area contributed by atoms with Gasteiger partial charge in [0.1, 0.15) is 0 Å². The van der Waals surface area contributed by atoms with E-state index in [9.17, 15) is 9.59 Å². The van der Waals surface area contributed by atoms with Crippen molar-refractivity contribution in [3.05, 3.63) is 58.6 Å². The molecule has 0 aromatic heterocycles. The van der Waals surface area contributed by atoms with Crippen molar-refractivity contribution in [1.82, 2.24) is 0 Å². The van der Waals surface area contributed by atoms with Crippen molar-refractivity contribution in [2.24, 2.45) is 5.92 Å². The molecule has 2 amide bonds. The Morgan fingerprint density at radius 2 is 2.00 bits per heavy atom. The van der Waals surface area contributed by atoms with Crippen LogP contribution in [0.15, 0.2) is 42.5 Å². The van der Waals surface area contributed by atoms with Crippen molar-refractivity contribution < 1.29 is 9.59 Å². The molecule has 1 saturated heterocycles. The lowest BCUT2D eigenvalue weighted by Crippen LogP contribution is -2.28. The van der Waals surface area contributed by atoms with E-state index in [1.165, 1.54) is 0 Å². The average Bonchev–Trinajstić information content (AvgIpc) is 2.97. The lowest BCUT2D eigenvalue weighted by molar-refractivity contribution is -0.122. The van der Waals surface area contributed by atoms with Crippen molar-refractivity contribution in [2.45, 2.75) is 13.3 Å². The van der Waals surface area contributed by atoms with E-state index in [-0.39, 0.29) is 18.2 Å². The van der Waals surface area contributed by atoms with Gasteiger partial charge in [-0.15, -0.1) is 0 Å². The second kappa shape index (κ2) is 6.96. The van der Waals surface area contributed by atoms with Crippen LogP contribution in [0.2, 0.25) is 5.02 Å². The highest BCUT2D eigenvalue weighted by molar-refractivity contribution is 6.30. The number of anilines is 2. The number of nitriles is 1. The molecule has 1 unspecified atom stereocenters. The molecule has 0 spiro atoms. The Labute approximate surface area is 150 Å². The number of nitrogens with zero attached hydrogens (tertiary/aromatic N) is 2. The molecular formula is C19H16ClN3O2. The molecule has 6 heteroatoms. The minimum absolute atomic E-state index is 0.0783. The number of benzene rings is 2. The van der Waals surface area contributed by atoms with Gasteiger partial charge in [-0.1, -0.05) is 11.6 Å². The first-order valence-electron chi connectivity index (χ1n) is 7.85. The number of halogens is 1. The smallest absolute Gasteiger partial charge is 0.229 e. The summed E-state index contributed by atoms with van der Waals surface area (Å²) in [5, 5.41) is 12.2. The van der Waals surface area contributed by atoms with Crippen molar-refractivity contribution >= 4 is 34.8 Å². The fraction of sp³-hybridized carbons (Fsp3) is 0.211. The number of carbonyl (C=O) groups is 2. The van der Waals surface area contributed by atoms with Crippen LogP contribution in [0.4, 0.5) is 11.4 Å². The van der Waals surface area contributed by atoms with Crippen LogP contribution in [0.5, 0.6) is 0 Å². The Balaban J connectivity index is 1.71. The Morgan fingerprint density at radius 1 is 1.28 bits per heavy atom. The molecular weight excluding hydrogens is 338 g/mol. The molecule has 0 radical (unpaired) electrons. The van der Waals surface area contributed by atoms with Crippen LogP contribution in [0, 0.1) is 24.2 Å². The highest BCUT2D eigenvalue weighted by atomic mass is 35.5. The second-order valence-electron chi connectivity index (χ2n) is 6.01. The minimum atomic E-state index is -0.418. The molecule has 0 bridgehead atoms. The van der Waals surface area contributed by atoms with Gasteiger partial charge in [0, 0.05) is 29.4 Å². The largest absolute Gasteiger partial charge is 0.326 e. The maximum absolute atomic E-state index is 12.5. The third-order valence-corrected chi connectivity index (χ3v) is 4.46. The van der Waals surface area contributed by atoms with E-state index in [4.69, 9.17) is 16.9 Å². The van der Waals surface area contributed by atoms with Crippen LogP contribution in [0.3, 0.4) is 0 Å². The first kappa shape index (κ1) is 17.0. The fourth-order valence-electron chi connectivity index (χ4n) is 2.91. The summed E-state index contributed by atoms with van der Waals surface area (Å²) in [7, 11) is 0. The Morgan fingerprint density at radius 3 is 2.64 bits per heavy atom. The Hall–Kier alpha value is -2.84. The predicted molar refractivity (Wildman–Crippen MR) is 96.4 cm³/mol. The summed E-state index contributed by atoms with van der Waals surface area (Å²) in [4.78, 5) is 26.4. The standard InChI is InChI=1S/C19H16ClN3O2/c1-12-8-15(20)4-7-17(12)23-11-14(9-18(23)24)19(25)22-16-5-2-13(10-21)3-6-16/h2-8,14H,9,11H2,1H3,(H,22,25). The summed E-state index contributed by atoms with van der Waals surface area (Å²) < 4.78 is 0. The highest BCUT2D eigenvalue weighted by Crippen LogP contribution is 2.30. The Kier molecular flexibility index (Phi) is 4.73. The topological polar surface area (TPSA) is 73.2 Å². The molecule has 1 N–H and O–H groups in total. The predicted octanol–water partition coefficient (Wildman–Crippen LogP) is 3.51. The maximum Gasteiger partial charge on any atom is 0.229 e. The molecule has 1 fully saturated rings. The zero-order valence-electron chi connectivity index (χ0n) is 13.6. The van der Waals surface area contributed by atoms with Crippen LogP contribution in [0.25, 0.3) is 0 Å². The number of nitrogens with one attached hydrogen (secondary N) is 1. The summed E-state index contributed by atoms with van der Waals surface area (Å²) in [6, 6.07) is 14.0. The van der Waals surface area contributed by atoms with E-state index in [0.717, 1.165) is 11.3 Å². The lowest BCUT2D eigenvalue weighted by atomic mass is 10.1. The molecule has 0 saturated carbocycles. The van der Waals surface area contributed by atoms with E-state index >= 15 is 0 Å². The minimum Gasteiger partial charge on any atom is -0.326 e. The molecule has 5 nitrogen and oxygen atoms in total. The van der Waals surface area contributed by atoms with Gasteiger partial charge in [-0.05, 0) is 55.0 Å².